The minimum Gasteiger partial charge on any atom is -0.472 e. The summed E-state index contributed by atoms with van der Waals surface area (Å²) in [6.45, 7) is 2.65. The highest BCUT2D eigenvalue weighted by Crippen LogP contribution is 2.30. The van der Waals surface area contributed by atoms with Crippen molar-refractivity contribution >= 4 is 11.5 Å². The molecular weight excluding hydrogens is 353 g/mol. The molecule has 2 aromatic rings. The minimum absolute atomic E-state index is 0.0466. The molecule has 0 N–H and O–H groups in total. The van der Waals surface area contributed by atoms with Gasteiger partial charge in [0.05, 0.1) is 17.0 Å². The third-order valence-corrected chi connectivity index (χ3v) is 4.06. The standard InChI is InChI=1S/C16H15F3N4O3/c1-10-13(23(24)25)3-4-14(21-10)22-7-6-12(9-22)26-15-5-2-11(8-20-15)16(17,18)19/h2-5,8,12H,6-7,9H2,1H3. The number of halogens is 3. The molecule has 0 spiro atoms. The first-order chi connectivity index (χ1) is 12.2. The Labute approximate surface area is 146 Å². The Bertz CT molecular complexity index is 811. The monoisotopic (exact) mass is 368 g/mol. The minimum atomic E-state index is -4.44. The molecule has 1 atom stereocenters. The summed E-state index contributed by atoms with van der Waals surface area (Å²) >= 11 is 0. The molecule has 138 valence electrons. The Morgan fingerprint density at radius 3 is 2.65 bits per heavy atom. The topological polar surface area (TPSA) is 81.4 Å². The van der Waals surface area contributed by atoms with Gasteiger partial charge in [-0.1, -0.05) is 0 Å². The summed E-state index contributed by atoms with van der Waals surface area (Å²) in [5.41, 5.74) is -0.556. The van der Waals surface area contributed by atoms with Crippen molar-refractivity contribution in [3.63, 3.8) is 0 Å². The van der Waals surface area contributed by atoms with Crippen molar-refractivity contribution in [3.05, 3.63) is 51.8 Å². The summed E-state index contributed by atoms with van der Waals surface area (Å²) in [6, 6.07) is 5.10. The van der Waals surface area contributed by atoms with E-state index in [9.17, 15) is 23.3 Å². The van der Waals surface area contributed by atoms with Crippen LogP contribution < -0.4 is 9.64 Å². The second-order valence-corrected chi connectivity index (χ2v) is 5.89. The number of hydrogen-bond acceptors (Lipinski definition) is 6. The molecule has 26 heavy (non-hydrogen) atoms. The summed E-state index contributed by atoms with van der Waals surface area (Å²) in [6.07, 6.45) is -3.31. The van der Waals surface area contributed by atoms with Gasteiger partial charge in [-0.15, -0.1) is 0 Å². The number of hydrogen-bond donors (Lipinski definition) is 0. The predicted octanol–water partition coefficient (Wildman–Crippen LogP) is 3.37. The van der Waals surface area contributed by atoms with Gasteiger partial charge in [0.1, 0.15) is 17.6 Å². The lowest BCUT2D eigenvalue weighted by Gasteiger charge is -2.18. The molecule has 10 heteroatoms. The molecule has 0 radical (unpaired) electrons. The number of rotatable bonds is 4. The third-order valence-electron chi connectivity index (χ3n) is 4.06. The highest BCUT2D eigenvalue weighted by Gasteiger charge is 2.31. The summed E-state index contributed by atoms with van der Waals surface area (Å²) < 4.78 is 43.2. The van der Waals surface area contributed by atoms with E-state index in [1.54, 1.807) is 13.0 Å². The van der Waals surface area contributed by atoms with E-state index in [0.29, 0.717) is 31.0 Å². The van der Waals surface area contributed by atoms with E-state index in [-0.39, 0.29) is 17.7 Å². The van der Waals surface area contributed by atoms with E-state index in [1.807, 2.05) is 4.90 Å². The van der Waals surface area contributed by atoms with Gasteiger partial charge in [-0.3, -0.25) is 10.1 Å². The first-order valence-electron chi connectivity index (χ1n) is 7.81. The SMILES string of the molecule is Cc1nc(N2CCC(Oc3ccc(C(F)(F)F)cn3)C2)ccc1[N+](=O)[O-]. The Kier molecular flexibility index (Phi) is 4.66. The first kappa shape index (κ1) is 17.9. The molecule has 3 heterocycles. The number of anilines is 1. The second-order valence-electron chi connectivity index (χ2n) is 5.89. The average Bonchev–Trinajstić information content (AvgIpc) is 3.02. The van der Waals surface area contributed by atoms with Crippen molar-refractivity contribution in [2.24, 2.45) is 0 Å². The van der Waals surface area contributed by atoms with Crippen LogP contribution in [-0.4, -0.2) is 34.1 Å². The zero-order valence-corrected chi connectivity index (χ0v) is 13.7. The van der Waals surface area contributed by atoms with Crippen LogP contribution in [0.5, 0.6) is 5.88 Å². The van der Waals surface area contributed by atoms with Crippen LogP contribution in [0.25, 0.3) is 0 Å². The molecule has 1 aliphatic rings. The fourth-order valence-corrected chi connectivity index (χ4v) is 2.73. The van der Waals surface area contributed by atoms with Gasteiger partial charge in [-0.25, -0.2) is 9.97 Å². The quantitative estimate of drug-likeness (QED) is 0.608. The maximum atomic E-state index is 12.5. The van der Waals surface area contributed by atoms with Crippen LogP contribution in [0.2, 0.25) is 0 Å². The molecular formula is C16H15F3N4O3. The molecule has 1 aliphatic heterocycles. The fourth-order valence-electron chi connectivity index (χ4n) is 2.73. The smallest absolute Gasteiger partial charge is 0.417 e. The zero-order valence-electron chi connectivity index (χ0n) is 13.7. The highest BCUT2D eigenvalue weighted by atomic mass is 19.4. The van der Waals surface area contributed by atoms with Gasteiger partial charge in [0.2, 0.25) is 5.88 Å². The molecule has 0 bridgehead atoms. The van der Waals surface area contributed by atoms with Crippen LogP contribution in [0.15, 0.2) is 30.5 Å². The van der Waals surface area contributed by atoms with E-state index in [1.165, 1.54) is 12.1 Å². The molecule has 1 saturated heterocycles. The lowest BCUT2D eigenvalue weighted by molar-refractivity contribution is -0.385. The van der Waals surface area contributed by atoms with Crippen LogP contribution in [0.4, 0.5) is 24.7 Å². The van der Waals surface area contributed by atoms with E-state index in [2.05, 4.69) is 9.97 Å². The van der Waals surface area contributed by atoms with Gasteiger partial charge < -0.3 is 9.64 Å². The summed E-state index contributed by atoms with van der Waals surface area (Å²) in [4.78, 5) is 20.2. The number of nitrogens with zero attached hydrogens (tertiary/aromatic N) is 4. The van der Waals surface area contributed by atoms with Crippen LogP contribution in [-0.2, 0) is 6.18 Å². The van der Waals surface area contributed by atoms with Gasteiger partial charge in [0, 0.05) is 31.3 Å². The fraction of sp³-hybridized carbons (Fsp3) is 0.375. The van der Waals surface area contributed by atoms with E-state index in [4.69, 9.17) is 4.74 Å². The number of nitro groups is 1. The predicted molar refractivity (Wildman–Crippen MR) is 86.1 cm³/mol. The number of ether oxygens (including phenoxy) is 1. The van der Waals surface area contributed by atoms with E-state index in [0.717, 1.165) is 12.3 Å². The lowest BCUT2D eigenvalue weighted by Crippen LogP contribution is -2.25. The van der Waals surface area contributed by atoms with Gasteiger partial charge in [0.25, 0.3) is 5.69 Å². The molecule has 1 fully saturated rings. The first-order valence-corrected chi connectivity index (χ1v) is 7.81. The van der Waals surface area contributed by atoms with Crippen LogP contribution in [0, 0.1) is 17.0 Å². The molecule has 2 aromatic heterocycles. The average molecular weight is 368 g/mol. The number of aromatic nitrogens is 2. The second kappa shape index (κ2) is 6.77. The van der Waals surface area contributed by atoms with Gasteiger partial charge in [0.15, 0.2) is 0 Å². The van der Waals surface area contributed by atoms with Crippen molar-refractivity contribution < 1.29 is 22.8 Å². The van der Waals surface area contributed by atoms with Crippen molar-refractivity contribution in [2.75, 3.05) is 18.0 Å². The van der Waals surface area contributed by atoms with Crippen molar-refractivity contribution in [1.29, 1.82) is 0 Å². The van der Waals surface area contributed by atoms with Gasteiger partial charge >= 0.3 is 6.18 Å². The highest BCUT2D eigenvalue weighted by molar-refractivity contribution is 5.47. The maximum absolute atomic E-state index is 12.5. The Hall–Kier alpha value is -2.91. The van der Waals surface area contributed by atoms with Crippen molar-refractivity contribution in [2.45, 2.75) is 25.6 Å². The van der Waals surface area contributed by atoms with Crippen molar-refractivity contribution in [3.8, 4) is 5.88 Å². The Morgan fingerprint density at radius 1 is 1.31 bits per heavy atom. The van der Waals surface area contributed by atoms with E-state index < -0.39 is 16.7 Å². The number of alkyl halides is 3. The van der Waals surface area contributed by atoms with Crippen LogP contribution in [0.3, 0.4) is 0 Å². The number of aryl methyl sites for hydroxylation is 1. The Balaban J connectivity index is 1.64. The Morgan fingerprint density at radius 2 is 2.08 bits per heavy atom. The molecule has 0 saturated carbocycles. The normalized spacial score (nSPS) is 17.4. The summed E-state index contributed by atoms with van der Waals surface area (Å²) in [7, 11) is 0. The van der Waals surface area contributed by atoms with E-state index >= 15 is 0 Å². The summed E-state index contributed by atoms with van der Waals surface area (Å²) in [5, 5.41) is 10.9. The summed E-state index contributed by atoms with van der Waals surface area (Å²) in [5.74, 6) is 0.720. The molecule has 1 unspecified atom stereocenters. The molecule has 0 aliphatic carbocycles. The number of pyridine rings is 2. The molecule has 0 amide bonds. The van der Waals surface area contributed by atoms with Gasteiger partial charge in [-0.2, -0.15) is 13.2 Å². The molecule has 0 aromatic carbocycles. The van der Waals surface area contributed by atoms with Crippen molar-refractivity contribution in [1.82, 2.24) is 9.97 Å². The largest absolute Gasteiger partial charge is 0.472 e. The zero-order chi connectivity index (χ0) is 18.9. The van der Waals surface area contributed by atoms with Crippen LogP contribution in [0.1, 0.15) is 17.7 Å². The molecule has 3 rings (SSSR count). The maximum Gasteiger partial charge on any atom is 0.417 e. The van der Waals surface area contributed by atoms with Gasteiger partial charge in [-0.05, 0) is 19.1 Å². The lowest BCUT2D eigenvalue weighted by atomic mass is 10.3. The molecule has 7 nitrogen and oxygen atoms in total. The third kappa shape index (κ3) is 3.84. The van der Waals surface area contributed by atoms with Crippen LogP contribution >= 0.6 is 0 Å².